The Labute approximate surface area is 223 Å². The zero-order chi connectivity index (χ0) is 26.5. The molecule has 0 saturated carbocycles. The molecule has 3 aromatic carbocycles. The fourth-order valence-corrected chi connectivity index (χ4v) is 4.34. The van der Waals surface area contributed by atoms with Crippen molar-refractivity contribution < 1.29 is 28.6 Å². The van der Waals surface area contributed by atoms with Gasteiger partial charge in [0, 0.05) is 28.8 Å². The van der Waals surface area contributed by atoms with Crippen molar-refractivity contribution in [2.75, 3.05) is 30.5 Å². The van der Waals surface area contributed by atoms with Crippen LogP contribution < -0.4 is 19.7 Å². The van der Waals surface area contributed by atoms with Crippen LogP contribution in [0.1, 0.15) is 17.5 Å². The number of benzene rings is 3. The van der Waals surface area contributed by atoms with Crippen LogP contribution in [0.2, 0.25) is 0 Å². The van der Waals surface area contributed by atoms with E-state index in [1.54, 1.807) is 43.5 Å². The largest absolute Gasteiger partial charge is 0.493 e. The molecule has 1 N–H and O–H groups in total. The monoisotopic (exact) mass is 566 g/mol. The molecule has 3 aromatic rings. The zero-order valence-electron chi connectivity index (χ0n) is 20.7. The number of amides is 2. The number of aryl methyl sites for hydroxylation is 2. The van der Waals surface area contributed by atoms with Gasteiger partial charge in [-0.3, -0.25) is 14.4 Å². The Hall–Kier alpha value is -3.85. The molecular weight excluding hydrogens is 540 g/mol. The number of hydrogen-bond donors (Lipinski definition) is 1. The van der Waals surface area contributed by atoms with Gasteiger partial charge < -0.3 is 24.4 Å². The van der Waals surface area contributed by atoms with E-state index in [2.05, 4.69) is 21.2 Å². The van der Waals surface area contributed by atoms with Crippen LogP contribution in [0.25, 0.3) is 0 Å². The van der Waals surface area contributed by atoms with Gasteiger partial charge in [-0.1, -0.05) is 28.1 Å². The number of methoxy groups -OCH3 is 1. The van der Waals surface area contributed by atoms with Crippen molar-refractivity contribution in [3.8, 4) is 17.2 Å². The lowest BCUT2D eigenvalue weighted by Gasteiger charge is -2.17. The van der Waals surface area contributed by atoms with Crippen LogP contribution in [0.3, 0.4) is 0 Å². The van der Waals surface area contributed by atoms with E-state index in [4.69, 9.17) is 14.2 Å². The molecule has 0 bridgehead atoms. The first-order valence-corrected chi connectivity index (χ1v) is 12.5. The van der Waals surface area contributed by atoms with Gasteiger partial charge in [-0.25, -0.2) is 0 Å². The molecule has 9 heteroatoms. The van der Waals surface area contributed by atoms with Gasteiger partial charge in [0.15, 0.2) is 18.1 Å². The van der Waals surface area contributed by atoms with Crippen LogP contribution >= 0.6 is 15.9 Å². The van der Waals surface area contributed by atoms with E-state index in [-0.39, 0.29) is 18.9 Å². The first-order valence-electron chi connectivity index (χ1n) is 11.7. The molecule has 1 heterocycles. The van der Waals surface area contributed by atoms with Crippen LogP contribution in [-0.2, 0) is 19.1 Å². The Morgan fingerprint density at radius 2 is 1.68 bits per heavy atom. The van der Waals surface area contributed by atoms with Crippen LogP contribution in [0, 0.1) is 19.8 Å². The van der Waals surface area contributed by atoms with Crippen molar-refractivity contribution >= 4 is 45.1 Å². The van der Waals surface area contributed by atoms with Crippen LogP contribution in [0.15, 0.2) is 65.1 Å². The summed E-state index contributed by atoms with van der Waals surface area (Å²) >= 11 is 3.49. The number of para-hydroxylation sites is 2. The highest BCUT2D eigenvalue weighted by Crippen LogP contribution is 2.33. The van der Waals surface area contributed by atoms with E-state index in [9.17, 15) is 14.4 Å². The smallest absolute Gasteiger partial charge is 0.311 e. The lowest BCUT2D eigenvalue weighted by atomic mass is 10.1. The average Bonchev–Trinajstić information content (AvgIpc) is 3.28. The summed E-state index contributed by atoms with van der Waals surface area (Å²) in [5.41, 5.74) is 3.23. The molecule has 0 unspecified atom stereocenters. The Kier molecular flexibility index (Phi) is 8.13. The Balaban J connectivity index is 1.31. The van der Waals surface area contributed by atoms with Crippen molar-refractivity contribution in [1.29, 1.82) is 0 Å². The molecule has 1 atom stereocenters. The van der Waals surface area contributed by atoms with Crippen molar-refractivity contribution in [3.05, 3.63) is 76.3 Å². The fourth-order valence-electron chi connectivity index (χ4n) is 4.11. The maximum atomic E-state index is 12.6. The number of anilines is 2. The second-order valence-corrected chi connectivity index (χ2v) is 9.53. The molecule has 1 aliphatic heterocycles. The summed E-state index contributed by atoms with van der Waals surface area (Å²) in [6.07, 6.45) is 0.0189. The minimum Gasteiger partial charge on any atom is -0.493 e. The second-order valence-electron chi connectivity index (χ2n) is 8.73. The van der Waals surface area contributed by atoms with E-state index < -0.39 is 24.4 Å². The normalized spacial score (nSPS) is 14.9. The molecule has 1 aliphatic rings. The number of halogens is 1. The van der Waals surface area contributed by atoms with E-state index >= 15 is 0 Å². The summed E-state index contributed by atoms with van der Waals surface area (Å²) in [4.78, 5) is 39.0. The molecule has 2 amide bonds. The van der Waals surface area contributed by atoms with Gasteiger partial charge in [-0.05, 0) is 73.5 Å². The van der Waals surface area contributed by atoms with Crippen LogP contribution in [0.5, 0.6) is 17.2 Å². The minimum absolute atomic E-state index is 0.0189. The van der Waals surface area contributed by atoms with Gasteiger partial charge in [-0.15, -0.1) is 0 Å². The first kappa shape index (κ1) is 26.2. The lowest BCUT2D eigenvalue weighted by molar-refractivity contribution is -0.151. The maximum absolute atomic E-state index is 12.6. The molecule has 4 rings (SSSR count). The Morgan fingerprint density at radius 3 is 2.32 bits per heavy atom. The van der Waals surface area contributed by atoms with Gasteiger partial charge >= 0.3 is 5.97 Å². The molecule has 0 aliphatic carbocycles. The third kappa shape index (κ3) is 6.29. The van der Waals surface area contributed by atoms with Gasteiger partial charge in [-0.2, -0.15) is 0 Å². The molecule has 1 saturated heterocycles. The summed E-state index contributed by atoms with van der Waals surface area (Å²) < 4.78 is 17.4. The number of nitrogens with zero attached hydrogens (tertiary/aromatic N) is 1. The Morgan fingerprint density at radius 1 is 1.03 bits per heavy atom. The number of carbonyl (C=O) groups is 3. The lowest BCUT2D eigenvalue weighted by Crippen LogP contribution is -2.28. The predicted octanol–water partition coefficient (Wildman–Crippen LogP) is 5.40. The minimum atomic E-state index is -0.651. The highest BCUT2D eigenvalue weighted by Gasteiger charge is 2.36. The van der Waals surface area contributed by atoms with Crippen molar-refractivity contribution in [1.82, 2.24) is 0 Å². The second kappa shape index (κ2) is 11.5. The average molecular weight is 567 g/mol. The first-order chi connectivity index (χ1) is 17.7. The van der Waals surface area contributed by atoms with Crippen molar-refractivity contribution in [2.45, 2.75) is 20.3 Å². The van der Waals surface area contributed by atoms with Crippen LogP contribution in [-0.4, -0.2) is 38.0 Å². The van der Waals surface area contributed by atoms with Gasteiger partial charge in [0.25, 0.3) is 5.91 Å². The van der Waals surface area contributed by atoms with E-state index in [0.717, 1.165) is 15.6 Å². The summed E-state index contributed by atoms with van der Waals surface area (Å²) in [7, 11) is 1.57. The number of ether oxygens (including phenoxy) is 3. The molecular formula is C28H27BrN2O6. The molecule has 192 valence electrons. The van der Waals surface area contributed by atoms with Gasteiger partial charge in [0.05, 0.1) is 13.0 Å². The topological polar surface area (TPSA) is 94.2 Å². The number of esters is 1. The SMILES string of the molecule is COc1ccccc1Oc1ccc(N2C[C@H](C(=O)OCC(=O)Nc3cc(C)c(Br)c(C)c3)CC2=O)cc1. The highest BCUT2D eigenvalue weighted by atomic mass is 79.9. The third-order valence-corrected chi connectivity index (χ3v) is 7.22. The van der Waals surface area contributed by atoms with E-state index in [1.807, 2.05) is 38.1 Å². The van der Waals surface area contributed by atoms with E-state index in [1.165, 1.54) is 4.90 Å². The number of rotatable bonds is 8. The quantitative estimate of drug-likeness (QED) is 0.367. The fraction of sp³-hybridized carbons (Fsp3) is 0.250. The number of nitrogens with one attached hydrogen (secondary N) is 1. The molecule has 1 fully saturated rings. The molecule has 0 radical (unpaired) electrons. The number of hydrogen-bond acceptors (Lipinski definition) is 6. The summed E-state index contributed by atoms with van der Waals surface area (Å²) in [5.74, 6) is -0.0946. The van der Waals surface area contributed by atoms with Crippen molar-refractivity contribution in [2.24, 2.45) is 5.92 Å². The van der Waals surface area contributed by atoms with Gasteiger partial charge in [0.1, 0.15) is 5.75 Å². The molecule has 8 nitrogen and oxygen atoms in total. The maximum Gasteiger partial charge on any atom is 0.311 e. The third-order valence-electron chi connectivity index (χ3n) is 5.97. The molecule has 37 heavy (non-hydrogen) atoms. The Bertz CT molecular complexity index is 1300. The summed E-state index contributed by atoms with van der Waals surface area (Å²) in [5, 5.41) is 2.74. The standard InChI is InChI=1S/C28H27BrN2O6/c1-17-12-20(13-18(2)27(17)29)30-25(32)16-36-28(34)19-14-26(33)31(15-19)21-8-10-22(11-9-21)37-24-7-5-4-6-23(24)35-3/h4-13,19H,14-16H2,1-3H3,(H,30,32)/t19-/m1/s1. The molecule has 0 spiro atoms. The highest BCUT2D eigenvalue weighted by molar-refractivity contribution is 9.10. The van der Waals surface area contributed by atoms with Crippen molar-refractivity contribution in [3.63, 3.8) is 0 Å². The molecule has 0 aromatic heterocycles. The summed E-state index contributed by atoms with van der Waals surface area (Å²) in [6.45, 7) is 3.61. The number of carbonyl (C=O) groups excluding carboxylic acids is 3. The zero-order valence-corrected chi connectivity index (χ0v) is 22.3. The van der Waals surface area contributed by atoms with Gasteiger partial charge in [0.2, 0.25) is 5.91 Å². The van der Waals surface area contributed by atoms with Crippen LogP contribution in [0.4, 0.5) is 11.4 Å². The van der Waals surface area contributed by atoms with E-state index in [0.29, 0.717) is 28.6 Å². The predicted molar refractivity (Wildman–Crippen MR) is 143 cm³/mol. The summed E-state index contributed by atoms with van der Waals surface area (Å²) in [6, 6.07) is 18.0.